The Hall–Kier alpha value is -1.27. The Kier molecular flexibility index (Phi) is 43.5. The van der Waals surface area contributed by atoms with Gasteiger partial charge in [0.2, 0.25) is 0 Å². The normalized spacial score (nSPS) is 24.9. The lowest BCUT2D eigenvalue weighted by Gasteiger charge is -2.42. The van der Waals surface area contributed by atoms with Gasteiger partial charge in [-0.25, -0.2) is 0 Å². The Balaban J connectivity index is 1.66. The molecule has 14 nitrogen and oxygen atoms in total. The first-order chi connectivity index (χ1) is 35.6. The Labute approximate surface area is 444 Å². The summed E-state index contributed by atoms with van der Waals surface area (Å²) in [5, 5.41) is 72.3. The summed E-state index contributed by atoms with van der Waals surface area (Å²) in [4.78, 5) is 13.1. The van der Waals surface area contributed by atoms with Gasteiger partial charge in [-0.05, 0) is 38.5 Å². The van der Waals surface area contributed by atoms with Crippen LogP contribution in [0.5, 0.6) is 0 Å². The van der Waals surface area contributed by atoms with Crippen LogP contribution in [0.1, 0.15) is 258 Å². The number of esters is 1. The summed E-state index contributed by atoms with van der Waals surface area (Å²) < 4.78 is 34.4. The molecule has 2 heterocycles. The van der Waals surface area contributed by atoms with Crippen LogP contribution in [0.15, 0.2) is 12.2 Å². The molecular formula is C59H112O14. The molecule has 0 radical (unpaired) electrons. The largest absolute Gasteiger partial charge is 0.457 e. The number of ether oxygens (including phenoxy) is 6. The van der Waals surface area contributed by atoms with E-state index in [-0.39, 0.29) is 25.6 Å². The predicted molar refractivity (Wildman–Crippen MR) is 289 cm³/mol. The quantitative estimate of drug-likeness (QED) is 0.0172. The zero-order chi connectivity index (χ0) is 53.0. The van der Waals surface area contributed by atoms with E-state index in [0.717, 1.165) is 38.5 Å². The molecule has 2 fully saturated rings. The Morgan fingerprint density at radius 3 is 1.25 bits per heavy atom. The lowest BCUT2D eigenvalue weighted by molar-refractivity contribution is -0.332. The smallest absolute Gasteiger partial charge is 0.306 e. The van der Waals surface area contributed by atoms with Crippen LogP contribution in [-0.4, -0.2) is 142 Å². The van der Waals surface area contributed by atoms with E-state index >= 15 is 0 Å². The Morgan fingerprint density at radius 2 is 0.808 bits per heavy atom. The second-order valence-corrected chi connectivity index (χ2v) is 21.5. The minimum Gasteiger partial charge on any atom is -0.457 e. The van der Waals surface area contributed by atoms with E-state index in [2.05, 4.69) is 26.0 Å². The third kappa shape index (κ3) is 33.6. The van der Waals surface area contributed by atoms with E-state index in [1.54, 1.807) is 0 Å². The minimum atomic E-state index is -1.70. The summed E-state index contributed by atoms with van der Waals surface area (Å²) >= 11 is 0. The van der Waals surface area contributed by atoms with Crippen molar-refractivity contribution in [3.05, 3.63) is 12.2 Å². The van der Waals surface area contributed by atoms with Crippen molar-refractivity contribution in [3.8, 4) is 0 Å². The zero-order valence-corrected chi connectivity index (χ0v) is 46.4. The number of carbonyl (C=O) groups excluding carboxylic acids is 1. The topological polar surface area (TPSA) is 214 Å². The van der Waals surface area contributed by atoms with Crippen LogP contribution in [-0.2, 0) is 33.2 Å². The molecule has 0 spiro atoms. The lowest BCUT2D eigenvalue weighted by Crippen LogP contribution is -2.61. The van der Waals surface area contributed by atoms with Crippen molar-refractivity contribution >= 4 is 5.97 Å². The number of unbranched alkanes of at least 4 members (excludes halogenated alkanes) is 34. The summed E-state index contributed by atoms with van der Waals surface area (Å²) in [5.74, 6) is -0.370. The van der Waals surface area contributed by atoms with Gasteiger partial charge in [0.05, 0.1) is 26.4 Å². The summed E-state index contributed by atoms with van der Waals surface area (Å²) in [5.41, 5.74) is 0. The fraction of sp³-hybridized carbons (Fsp3) is 0.949. The van der Waals surface area contributed by atoms with Gasteiger partial charge in [0.15, 0.2) is 12.6 Å². The lowest BCUT2D eigenvalue weighted by atomic mass is 9.98. The molecule has 0 amide bonds. The molecule has 73 heavy (non-hydrogen) atoms. The molecule has 2 saturated heterocycles. The summed E-state index contributed by atoms with van der Waals surface area (Å²) in [6.07, 6.45) is 35.6. The standard InChI is InChI=1S/C59H112O14/c1-3-5-7-9-11-13-15-17-19-20-21-22-23-24-25-26-27-28-29-30-32-34-36-38-40-42-51(61)71-48(45-68-43-41-39-37-35-33-31-18-16-14-12-10-8-6-4-2)46-69-58-57(67)55(65)53(63)50(73-58)47-70-59-56(66)54(64)52(62)49(44-60)72-59/h20-21,48-50,52-60,62-67H,3-19,22-47H2,1-2H3/b21-20-. The molecule has 432 valence electrons. The molecule has 2 aliphatic heterocycles. The fourth-order valence-electron chi connectivity index (χ4n) is 9.87. The predicted octanol–water partition coefficient (Wildman–Crippen LogP) is 11.0. The van der Waals surface area contributed by atoms with Crippen molar-refractivity contribution in [2.45, 2.75) is 325 Å². The number of aliphatic hydroxyl groups is 7. The molecular weight excluding hydrogens is 933 g/mol. The van der Waals surface area contributed by atoms with Crippen LogP contribution < -0.4 is 0 Å². The van der Waals surface area contributed by atoms with Crippen LogP contribution in [0.3, 0.4) is 0 Å². The maximum atomic E-state index is 13.1. The average molecular weight is 1050 g/mol. The third-order valence-electron chi connectivity index (χ3n) is 14.8. The maximum Gasteiger partial charge on any atom is 0.306 e. The van der Waals surface area contributed by atoms with Crippen LogP contribution in [0.2, 0.25) is 0 Å². The number of aliphatic hydroxyl groups excluding tert-OH is 7. The highest BCUT2D eigenvalue weighted by Crippen LogP contribution is 2.27. The van der Waals surface area contributed by atoms with Gasteiger partial charge in [-0.3, -0.25) is 4.79 Å². The van der Waals surface area contributed by atoms with Crippen molar-refractivity contribution < 1.29 is 69.0 Å². The molecule has 0 saturated carbocycles. The van der Waals surface area contributed by atoms with Crippen molar-refractivity contribution in [1.82, 2.24) is 0 Å². The van der Waals surface area contributed by atoms with Gasteiger partial charge in [-0.2, -0.15) is 0 Å². The van der Waals surface area contributed by atoms with Crippen LogP contribution in [0.25, 0.3) is 0 Å². The van der Waals surface area contributed by atoms with Gasteiger partial charge in [-0.15, -0.1) is 0 Å². The summed E-state index contributed by atoms with van der Waals surface area (Å²) in [6, 6.07) is 0. The van der Waals surface area contributed by atoms with Crippen LogP contribution in [0, 0.1) is 0 Å². The highest BCUT2D eigenvalue weighted by molar-refractivity contribution is 5.69. The molecule has 14 heteroatoms. The second kappa shape index (κ2) is 46.8. The first kappa shape index (κ1) is 67.8. The maximum absolute atomic E-state index is 13.1. The Morgan fingerprint density at radius 1 is 0.438 bits per heavy atom. The molecule has 2 rings (SSSR count). The highest BCUT2D eigenvalue weighted by Gasteiger charge is 2.47. The monoisotopic (exact) mass is 1040 g/mol. The molecule has 7 N–H and O–H groups in total. The van der Waals surface area contributed by atoms with Gasteiger partial charge in [0.25, 0.3) is 0 Å². The van der Waals surface area contributed by atoms with E-state index in [1.807, 2.05) is 0 Å². The second-order valence-electron chi connectivity index (χ2n) is 21.5. The Bertz CT molecular complexity index is 1260. The average Bonchev–Trinajstić information content (AvgIpc) is 3.39. The molecule has 0 aromatic carbocycles. The van der Waals surface area contributed by atoms with E-state index in [4.69, 9.17) is 28.4 Å². The number of allylic oxidation sites excluding steroid dienone is 2. The SMILES string of the molecule is CCCCCCCCCC/C=C\CCCCCCCCCCCCCCCC(=O)OC(COCCCCCCCCCCCCCCCC)COC1OC(COC2OC(CO)C(O)C(O)C2O)C(O)C(O)C1O. The fourth-order valence-corrected chi connectivity index (χ4v) is 9.87. The van der Waals surface area contributed by atoms with Gasteiger partial charge in [0, 0.05) is 13.0 Å². The van der Waals surface area contributed by atoms with Gasteiger partial charge < -0.3 is 64.2 Å². The van der Waals surface area contributed by atoms with Gasteiger partial charge in [0.1, 0.15) is 54.9 Å². The summed E-state index contributed by atoms with van der Waals surface area (Å²) in [6.45, 7) is 3.75. The van der Waals surface area contributed by atoms with Crippen molar-refractivity contribution in [3.63, 3.8) is 0 Å². The first-order valence-corrected chi connectivity index (χ1v) is 30.3. The molecule has 0 aromatic rings. The van der Waals surface area contributed by atoms with Crippen molar-refractivity contribution in [1.29, 1.82) is 0 Å². The minimum absolute atomic E-state index is 0.0684. The first-order valence-electron chi connectivity index (χ1n) is 30.3. The number of carbonyl (C=O) groups is 1. The van der Waals surface area contributed by atoms with E-state index in [1.165, 1.54) is 193 Å². The van der Waals surface area contributed by atoms with Crippen LogP contribution >= 0.6 is 0 Å². The molecule has 2 aliphatic rings. The summed E-state index contributed by atoms with van der Waals surface area (Å²) in [7, 11) is 0. The number of rotatable bonds is 50. The number of hydrogen-bond acceptors (Lipinski definition) is 14. The van der Waals surface area contributed by atoms with E-state index in [9.17, 15) is 40.5 Å². The van der Waals surface area contributed by atoms with E-state index < -0.39 is 80.7 Å². The molecule has 11 atom stereocenters. The third-order valence-corrected chi connectivity index (χ3v) is 14.8. The molecule has 11 unspecified atom stereocenters. The van der Waals surface area contributed by atoms with Crippen molar-refractivity contribution in [2.24, 2.45) is 0 Å². The molecule has 0 bridgehead atoms. The number of hydrogen-bond donors (Lipinski definition) is 7. The van der Waals surface area contributed by atoms with Crippen molar-refractivity contribution in [2.75, 3.05) is 33.0 Å². The van der Waals surface area contributed by atoms with Crippen LogP contribution in [0.4, 0.5) is 0 Å². The highest BCUT2D eigenvalue weighted by atomic mass is 16.7. The molecule has 0 aromatic heterocycles. The van der Waals surface area contributed by atoms with E-state index in [0.29, 0.717) is 13.0 Å². The zero-order valence-electron chi connectivity index (χ0n) is 46.4. The van der Waals surface area contributed by atoms with Gasteiger partial charge >= 0.3 is 5.97 Å². The van der Waals surface area contributed by atoms with Gasteiger partial charge in [-0.1, -0.05) is 225 Å². The molecule has 0 aliphatic carbocycles.